The molecule has 0 bridgehead atoms. The number of nitrogens with one attached hydrogen (secondary N) is 2. The maximum absolute atomic E-state index is 13.4. The number of benzene rings is 2. The summed E-state index contributed by atoms with van der Waals surface area (Å²) >= 11 is 0. The number of aromatic amines is 2. The number of imidazole rings is 2. The van der Waals surface area contributed by atoms with E-state index in [1.54, 1.807) is 0 Å². The second kappa shape index (κ2) is 12.0. The van der Waals surface area contributed by atoms with E-state index >= 15 is 0 Å². The van der Waals surface area contributed by atoms with Gasteiger partial charge < -0.3 is 19.4 Å². The first-order chi connectivity index (χ1) is 24.8. The zero-order valence-corrected chi connectivity index (χ0v) is 31.2. The summed E-state index contributed by atoms with van der Waals surface area (Å²) in [6.45, 7) is 11.5. The van der Waals surface area contributed by atoms with Crippen LogP contribution < -0.4 is 0 Å². The third-order valence-corrected chi connectivity index (χ3v) is 11.9. The molecule has 4 fully saturated rings. The molecule has 6 atom stereocenters. The third-order valence-electron chi connectivity index (χ3n) is 11.9. The van der Waals surface area contributed by atoms with Crippen LogP contribution >= 0.6 is 0 Å². The van der Waals surface area contributed by atoms with Crippen LogP contribution in [0.4, 0.5) is 9.59 Å². The minimum atomic E-state index is -0.545. The number of hydrogen-bond donors (Lipinski definition) is 2. The molecule has 2 amide bonds. The molecule has 2 aromatic heterocycles. The smallest absolute Gasteiger partial charge is 0.411 e. The van der Waals surface area contributed by atoms with Gasteiger partial charge in [0.15, 0.2) is 0 Å². The Hall–Kier alpha value is -4.60. The van der Waals surface area contributed by atoms with Gasteiger partial charge in [-0.25, -0.2) is 19.6 Å². The molecule has 2 aromatic carbocycles. The number of hydrogen-bond acceptors (Lipinski definition) is 6. The topological polar surface area (TPSA) is 116 Å². The van der Waals surface area contributed by atoms with E-state index < -0.39 is 11.2 Å². The van der Waals surface area contributed by atoms with Crippen molar-refractivity contribution in [2.45, 2.75) is 128 Å². The lowest BCUT2D eigenvalue weighted by atomic mass is 9.78. The van der Waals surface area contributed by atoms with Gasteiger partial charge in [-0.2, -0.15) is 0 Å². The van der Waals surface area contributed by atoms with Crippen molar-refractivity contribution in [2.24, 2.45) is 11.8 Å². The molecule has 3 aliphatic carbocycles. The van der Waals surface area contributed by atoms with E-state index in [0.29, 0.717) is 11.8 Å². The SMILES string of the molecule is CC(C)(C)OC(=O)N1C(c2ncc(-c3ccc4c(c3)-c3ccc(-c5cnc(C6CC7CCCC7N6C(=O)OC(C)(C)C)[nH]5)cc3-4)[nH]2)CC2CCCC21. The lowest BCUT2D eigenvalue weighted by Crippen LogP contribution is -2.41. The highest BCUT2D eigenvalue weighted by molar-refractivity contribution is 6.04. The van der Waals surface area contributed by atoms with Gasteiger partial charge >= 0.3 is 12.2 Å². The first-order valence-electron chi connectivity index (χ1n) is 19.2. The number of nitrogens with zero attached hydrogens (tertiary/aromatic N) is 4. The summed E-state index contributed by atoms with van der Waals surface area (Å²) in [5.74, 6) is 2.65. The number of carbonyl (C=O) groups excluding carboxylic acids is 2. The van der Waals surface area contributed by atoms with E-state index in [2.05, 4.69) is 46.4 Å². The molecule has 10 heteroatoms. The summed E-state index contributed by atoms with van der Waals surface area (Å²) in [5, 5.41) is 0. The fourth-order valence-electron chi connectivity index (χ4n) is 9.80. The van der Waals surface area contributed by atoms with E-state index in [0.717, 1.165) is 85.5 Å². The van der Waals surface area contributed by atoms with Crippen molar-refractivity contribution in [1.82, 2.24) is 29.7 Å². The molecule has 9 rings (SSSR count). The second-order valence-electron chi connectivity index (χ2n) is 17.7. The third kappa shape index (κ3) is 5.69. The van der Waals surface area contributed by atoms with Crippen molar-refractivity contribution in [3.05, 3.63) is 60.4 Å². The molecule has 5 aliphatic rings. The van der Waals surface area contributed by atoms with Gasteiger partial charge in [-0.05, 0) is 126 Å². The molecule has 52 heavy (non-hydrogen) atoms. The minimum Gasteiger partial charge on any atom is -0.444 e. The highest BCUT2D eigenvalue weighted by Crippen LogP contribution is 2.51. The van der Waals surface area contributed by atoms with Gasteiger partial charge in [0.25, 0.3) is 0 Å². The van der Waals surface area contributed by atoms with Gasteiger partial charge in [-0.3, -0.25) is 9.80 Å². The molecular formula is C42H50N6O4. The van der Waals surface area contributed by atoms with Crippen LogP contribution in [0.2, 0.25) is 0 Å². The monoisotopic (exact) mass is 702 g/mol. The Labute approximate surface area is 305 Å². The van der Waals surface area contributed by atoms with Crippen LogP contribution in [-0.2, 0) is 9.47 Å². The Balaban J connectivity index is 0.929. The van der Waals surface area contributed by atoms with Gasteiger partial charge in [-0.15, -0.1) is 0 Å². The van der Waals surface area contributed by atoms with Crippen molar-refractivity contribution in [1.29, 1.82) is 0 Å². The summed E-state index contributed by atoms with van der Waals surface area (Å²) in [6, 6.07) is 13.4. The number of amides is 2. The maximum atomic E-state index is 13.4. The predicted octanol–water partition coefficient (Wildman–Crippen LogP) is 9.82. The molecule has 2 saturated carbocycles. The highest BCUT2D eigenvalue weighted by atomic mass is 16.6. The molecule has 0 radical (unpaired) electrons. The molecular weight excluding hydrogens is 652 g/mol. The predicted molar refractivity (Wildman–Crippen MR) is 199 cm³/mol. The van der Waals surface area contributed by atoms with Crippen molar-refractivity contribution in [2.75, 3.05) is 0 Å². The van der Waals surface area contributed by atoms with E-state index in [4.69, 9.17) is 19.4 Å². The number of likely N-dealkylation sites (tertiary alicyclic amines) is 2. The zero-order chi connectivity index (χ0) is 36.1. The van der Waals surface area contributed by atoms with Crippen LogP contribution in [0.5, 0.6) is 0 Å². The van der Waals surface area contributed by atoms with Crippen LogP contribution in [0.25, 0.3) is 44.8 Å². The van der Waals surface area contributed by atoms with Crippen molar-refractivity contribution in [3.8, 4) is 44.8 Å². The Bertz CT molecular complexity index is 1890. The Morgan fingerprint density at radius 1 is 0.635 bits per heavy atom. The number of ether oxygens (including phenoxy) is 2. The van der Waals surface area contributed by atoms with Gasteiger partial charge in [0.1, 0.15) is 22.9 Å². The highest BCUT2D eigenvalue weighted by Gasteiger charge is 2.50. The number of carbonyl (C=O) groups is 2. The van der Waals surface area contributed by atoms with Crippen LogP contribution in [0.15, 0.2) is 48.8 Å². The summed E-state index contributed by atoms with van der Waals surface area (Å²) in [5.41, 5.74) is 7.84. The lowest BCUT2D eigenvalue weighted by molar-refractivity contribution is 0.0120. The number of H-pyrrole nitrogens is 2. The molecule has 0 spiro atoms. The first kappa shape index (κ1) is 33.3. The first-order valence-corrected chi connectivity index (χ1v) is 19.2. The lowest BCUT2D eigenvalue weighted by Gasteiger charge is -2.31. The minimum absolute atomic E-state index is 0.110. The summed E-state index contributed by atoms with van der Waals surface area (Å²) < 4.78 is 11.7. The van der Waals surface area contributed by atoms with Gasteiger partial charge in [0.05, 0.1) is 35.9 Å². The van der Waals surface area contributed by atoms with Gasteiger partial charge in [0.2, 0.25) is 0 Å². The average Bonchev–Trinajstić information content (AvgIpc) is 3.89. The Kier molecular flexibility index (Phi) is 7.65. The molecule has 4 aromatic rings. The maximum Gasteiger partial charge on any atom is 0.411 e. The van der Waals surface area contributed by atoms with Crippen molar-refractivity contribution >= 4 is 12.2 Å². The van der Waals surface area contributed by atoms with E-state index in [1.165, 1.54) is 22.3 Å². The summed E-state index contributed by atoms with van der Waals surface area (Å²) in [4.78, 5) is 47.6. The molecule has 4 heterocycles. The standard InChI is InChI=1S/C42H50N6O4/c1-41(2,3)51-39(49)47-33-11-7-9-25(33)19-35(47)37-43-21-31(45-37)23-13-15-27-29(17-23)28-16-14-24(18-30(27)28)32-22-44-38(46-32)36-20-26-10-8-12-34(26)48(36)40(50)52-42(4,5)6/h13-18,21-22,25-26,33-36H,7-12,19-20H2,1-6H3,(H,43,45)(H,44,46). The fraction of sp³-hybridized carbons (Fsp3) is 0.524. The van der Waals surface area contributed by atoms with Gasteiger partial charge in [0, 0.05) is 23.2 Å². The van der Waals surface area contributed by atoms with Crippen molar-refractivity contribution in [3.63, 3.8) is 0 Å². The average molecular weight is 703 g/mol. The number of rotatable bonds is 4. The van der Waals surface area contributed by atoms with E-state index in [9.17, 15) is 9.59 Å². The Morgan fingerprint density at radius 3 is 1.46 bits per heavy atom. The number of fused-ring (bicyclic) bond motifs is 6. The van der Waals surface area contributed by atoms with Crippen LogP contribution in [0.3, 0.4) is 0 Å². The van der Waals surface area contributed by atoms with Crippen LogP contribution in [-0.4, -0.2) is 65.2 Å². The summed E-state index contributed by atoms with van der Waals surface area (Å²) in [6.07, 6.45) is 11.8. The molecule has 6 unspecified atom stereocenters. The zero-order valence-electron chi connectivity index (χ0n) is 31.2. The largest absolute Gasteiger partial charge is 0.444 e. The fourth-order valence-corrected chi connectivity index (χ4v) is 9.80. The molecule has 2 aliphatic heterocycles. The molecule has 2 N–H and O–H groups in total. The number of aromatic nitrogens is 4. The van der Waals surface area contributed by atoms with Crippen molar-refractivity contribution < 1.29 is 19.1 Å². The molecule has 2 saturated heterocycles. The van der Waals surface area contributed by atoms with E-state index in [1.807, 2.05) is 63.7 Å². The van der Waals surface area contributed by atoms with Gasteiger partial charge in [-0.1, -0.05) is 37.1 Å². The summed E-state index contributed by atoms with van der Waals surface area (Å²) in [7, 11) is 0. The second-order valence-corrected chi connectivity index (χ2v) is 17.7. The van der Waals surface area contributed by atoms with Crippen LogP contribution in [0, 0.1) is 11.8 Å². The molecule has 272 valence electrons. The van der Waals surface area contributed by atoms with E-state index in [-0.39, 0.29) is 36.4 Å². The quantitative estimate of drug-likeness (QED) is 0.193. The normalized spacial score (nSPS) is 26.1. The molecule has 10 nitrogen and oxygen atoms in total. The van der Waals surface area contributed by atoms with Crippen LogP contribution in [0.1, 0.15) is 117 Å². The Morgan fingerprint density at radius 2 is 1.06 bits per heavy atom.